The van der Waals surface area contributed by atoms with E-state index >= 15 is 0 Å². The van der Waals surface area contributed by atoms with Crippen LogP contribution in [0.2, 0.25) is 0 Å². The van der Waals surface area contributed by atoms with Crippen molar-refractivity contribution in [2.45, 2.75) is 24.5 Å². The van der Waals surface area contributed by atoms with E-state index in [0.717, 1.165) is 16.8 Å². The van der Waals surface area contributed by atoms with E-state index in [4.69, 9.17) is 5.11 Å². The third-order valence-corrected chi connectivity index (χ3v) is 4.50. The highest BCUT2D eigenvalue weighted by Crippen LogP contribution is 2.22. The van der Waals surface area contributed by atoms with Gasteiger partial charge in [0.1, 0.15) is 0 Å². The van der Waals surface area contributed by atoms with Crippen LogP contribution in [0.15, 0.2) is 33.8 Å². The minimum atomic E-state index is -0.937. The molecule has 0 saturated heterocycles. The van der Waals surface area contributed by atoms with E-state index < -0.39 is 5.97 Å². The Kier molecular flexibility index (Phi) is 4.91. The number of carboxylic acid groups (broad SMARTS) is 1. The standard InChI is InChI=1S/C12H13N3O3S2/c1-8(11-13-3-5-19-11)6-15-4-2-9(16)14-12(15)20-7-10(17)18/h2-5,8H,6-7H2,1H3,(H,17,18). The molecule has 2 aromatic heterocycles. The van der Waals surface area contributed by atoms with Crippen LogP contribution in [0.5, 0.6) is 0 Å². The summed E-state index contributed by atoms with van der Waals surface area (Å²) in [5.41, 5.74) is -0.365. The first-order valence-electron chi connectivity index (χ1n) is 5.87. The molecule has 6 nitrogen and oxygen atoms in total. The van der Waals surface area contributed by atoms with Crippen molar-refractivity contribution in [2.75, 3.05) is 5.75 Å². The summed E-state index contributed by atoms with van der Waals surface area (Å²) in [6, 6.07) is 1.37. The molecule has 0 fully saturated rings. The zero-order chi connectivity index (χ0) is 14.5. The molecule has 20 heavy (non-hydrogen) atoms. The molecule has 0 aromatic carbocycles. The normalized spacial score (nSPS) is 12.2. The molecular weight excluding hydrogens is 298 g/mol. The molecule has 0 spiro atoms. The molecule has 8 heteroatoms. The van der Waals surface area contributed by atoms with Crippen molar-refractivity contribution < 1.29 is 9.90 Å². The van der Waals surface area contributed by atoms with E-state index in [1.165, 1.54) is 6.07 Å². The molecule has 1 unspecified atom stereocenters. The highest BCUT2D eigenvalue weighted by Gasteiger charge is 2.12. The Hall–Kier alpha value is -1.67. The molecule has 0 amide bonds. The molecule has 0 radical (unpaired) electrons. The molecule has 0 aliphatic heterocycles. The third kappa shape index (κ3) is 3.91. The number of hydrogen-bond donors (Lipinski definition) is 1. The van der Waals surface area contributed by atoms with Crippen LogP contribution in [0.4, 0.5) is 0 Å². The lowest BCUT2D eigenvalue weighted by molar-refractivity contribution is -0.133. The fourth-order valence-corrected chi connectivity index (χ4v) is 3.04. The first kappa shape index (κ1) is 14.7. The molecule has 1 atom stereocenters. The second-order valence-electron chi connectivity index (χ2n) is 4.15. The number of thiazole rings is 1. The van der Waals surface area contributed by atoms with Crippen LogP contribution in [0, 0.1) is 0 Å². The summed E-state index contributed by atoms with van der Waals surface area (Å²) in [5.74, 6) is -0.890. The number of aliphatic carboxylic acids is 1. The van der Waals surface area contributed by atoms with Gasteiger partial charge in [0, 0.05) is 36.3 Å². The van der Waals surface area contributed by atoms with Crippen LogP contribution in [0.3, 0.4) is 0 Å². The Bertz CT molecular complexity index is 640. The lowest BCUT2D eigenvalue weighted by Gasteiger charge is -2.14. The summed E-state index contributed by atoms with van der Waals surface area (Å²) in [4.78, 5) is 30.1. The zero-order valence-electron chi connectivity index (χ0n) is 10.7. The lowest BCUT2D eigenvalue weighted by atomic mass is 10.2. The molecule has 0 saturated carbocycles. The van der Waals surface area contributed by atoms with E-state index in [2.05, 4.69) is 9.97 Å². The van der Waals surface area contributed by atoms with Crippen molar-refractivity contribution in [3.63, 3.8) is 0 Å². The zero-order valence-corrected chi connectivity index (χ0v) is 12.4. The quantitative estimate of drug-likeness (QED) is 0.645. The van der Waals surface area contributed by atoms with Crippen LogP contribution in [0.25, 0.3) is 0 Å². The molecule has 2 rings (SSSR count). The summed E-state index contributed by atoms with van der Waals surface area (Å²) in [6.45, 7) is 2.63. The van der Waals surface area contributed by atoms with Gasteiger partial charge in [0.2, 0.25) is 0 Å². The van der Waals surface area contributed by atoms with Crippen molar-refractivity contribution >= 4 is 29.1 Å². The van der Waals surface area contributed by atoms with Crippen molar-refractivity contribution in [3.8, 4) is 0 Å². The minimum Gasteiger partial charge on any atom is -0.481 e. The summed E-state index contributed by atoms with van der Waals surface area (Å²) < 4.78 is 1.79. The molecule has 1 N–H and O–H groups in total. The van der Waals surface area contributed by atoms with Crippen LogP contribution in [-0.2, 0) is 11.3 Å². The number of rotatable bonds is 6. The number of aromatic nitrogens is 3. The van der Waals surface area contributed by atoms with Gasteiger partial charge in [-0.3, -0.25) is 9.59 Å². The highest BCUT2D eigenvalue weighted by atomic mass is 32.2. The topological polar surface area (TPSA) is 85.1 Å². The first-order chi connectivity index (χ1) is 9.56. The molecule has 106 valence electrons. The second-order valence-corrected chi connectivity index (χ2v) is 6.02. The van der Waals surface area contributed by atoms with Gasteiger partial charge in [-0.25, -0.2) is 4.98 Å². The van der Waals surface area contributed by atoms with Gasteiger partial charge in [0.05, 0.1) is 10.8 Å². The average Bonchev–Trinajstić information content (AvgIpc) is 2.93. The molecule has 0 bridgehead atoms. The van der Waals surface area contributed by atoms with E-state index in [1.54, 1.807) is 28.3 Å². The van der Waals surface area contributed by atoms with E-state index in [-0.39, 0.29) is 17.2 Å². The van der Waals surface area contributed by atoms with Crippen molar-refractivity contribution in [2.24, 2.45) is 0 Å². The van der Waals surface area contributed by atoms with Gasteiger partial charge in [-0.1, -0.05) is 18.7 Å². The predicted octanol–water partition coefficient (Wildman–Crippen LogP) is 1.68. The van der Waals surface area contributed by atoms with E-state index in [0.29, 0.717) is 11.7 Å². The smallest absolute Gasteiger partial charge is 0.313 e. The molecule has 0 aliphatic rings. The number of nitrogens with zero attached hydrogens (tertiary/aromatic N) is 3. The highest BCUT2D eigenvalue weighted by molar-refractivity contribution is 7.99. The maximum absolute atomic E-state index is 11.3. The van der Waals surface area contributed by atoms with Crippen molar-refractivity contribution in [1.82, 2.24) is 14.5 Å². The summed E-state index contributed by atoms with van der Waals surface area (Å²) >= 11 is 2.61. The van der Waals surface area contributed by atoms with Gasteiger partial charge in [-0.2, -0.15) is 4.98 Å². The average molecular weight is 311 g/mol. The SMILES string of the molecule is CC(Cn1ccc(=O)nc1SCC(=O)O)c1nccs1. The maximum atomic E-state index is 11.3. The molecule has 2 heterocycles. The third-order valence-electron chi connectivity index (χ3n) is 2.52. The van der Waals surface area contributed by atoms with Gasteiger partial charge in [0.25, 0.3) is 5.56 Å². The van der Waals surface area contributed by atoms with Gasteiger partial charge in [0.15, 0.2) is 5.16 Å². The fraction of sp³-hybridized carbons (Fsp3) is 0.333. The van der Waals surface area contributed by atoms with Crippen LogP contribution in [0.1, 0.15) is 17.8 Å². The Morgan fingerprint density at radius 3 is 3.05 bits per heavy atom. The summed E-state index contributed by atoms with van der Waals surface area (Å²) in [5, 5.41) is 12.1. The second kappa shape index (κ2) is 6.67. The van der Waals surface area contributed by atoms with Crippen LogP contribution in [-0.4, -0.2) is 31.4 Å². The first-order valence-corrected chi connectivity index (χ1v) is 7.74. The largest absolute Gasteiger partial charge is 0.481 e. The Morgan fingerprint density at radius 1 is 1.60 bits per heavy atom. The molecular formula is C12H13N3O3S2. The van der Waals surface area contributed by atoms with Gasteiger partial charge >= 0.3 is 5.97 Å². The number of carbonyl (C=O) groups is 1. The number of hydrogen-bond acceptors (Lipinski definition) is 6. The molecule has 0 aliphatic carbocycles. The van der Waals surface area contributed by atoms with Crippen LogP contribution >= 0.6 is 23.1 Å². The summed E-state index contributed by atoms with van der Waals surface area (Å²) in [7, 11) is 0. The van der Waals surface area contributed by atoms with Gasteiger partial charge in [-0.05, 0) is 0 Å². The van der Waals surface area contributed by atoms with E-state index in [1.807, 2.05) is 12.3 Å². The molecule has 2 aromatic rings. The lowest BCUT2D eigenvalue weighted by Crippen LogP contribution is -2.16. The number of thioether (sulfide) groups is 1. The van der Waals surface area contributed by atoms with Gasteiger partial charge in [-0.15, -0.1) is 11.3 Å². The van der Waals surface area contributed by atoms with E-state index in [9.17, 15) is 9.59 Å². The Morgan fingerprint density at radius 2 is 2.40 bits per heavy atom. The predicted molar refractivity (Wildman–Crippen MR) is 77.4 cm³/mol. The monoisotopic (exact) mass is 311 g/mol. The van der Waals surface area contributed by atoms with Crippen molar-refractivity contribution in [3.05, 3.63) is 39.2 Å². The van der Waals surface area contributed by atoms with Crippen molar-refractivity contribution in [1.29, 1.82) is 0 Å². The number of carboxylic acids is 1. The Labute approximate surface area is 123 Å². The maximum Gasteiger partial charge on any atom is 0.313 e. The van der Waals surface area contributed by atoms with Crippen LogP contribution < -0.4 is 5.56 Å². The summed E-state index contributed by atoms with van der Waals surface area (Å²) in [6.07, 6.45) is 3.39. The Balaban J connectivity index is 2.17. The fourth-order valence-electron chi connectivity index (χ4n) is 1.64. The van der Waals surface area contributed by atoms with Gasteiger partial charge < -0.3 is 9.67 Å². The minimum absolute atomic E-state index is 0.123.